The number of ether oxygens (including phenoxy) is 1. The second-order valence-electron chi connectivity index (χ2n) is 9.65. The van der Waals surface area contributed by atoms with Crippen LogP contribution in [0.4, 0.5) is 5.69 Å². The standard InChI is InChI=1S/C27H32ClN5O2/c1-17-5-8-22-23(33(17)27(34)18-6-7-18)10-9-21(26(22)35-25-4-2-3-24(28)32-25)19(15-29)16-31-20-11-13-30-14-12-20/h2-4,9-10,15-18,20,29-31H,5-8,11-14H2,1H3/b19-16+,29-15?. The summed E-state index contributed by atoms with van der Waals surface area (Å²) in [5.74, 6) is 1.36. The average Bonchev–Trinajstić information content (AvgIpc) is 3.71. The van der Waals surface area contributed by atoms with E-state index in [9.17, 15) is 4.79 Å². The van der Waals surface area contributed by atoms with Gasteiger partial charge in [-0.1, -0.05) is 17.7 Å². The highest BCUT2D eigenvalue weighted by Crippen LogP contribution is 2.44. The Morgan fingerprint density at radius 1 is 1.20 bits per heavy atom. The van der Waals surface area contributed by atoms with Gasteiger partial charge in [-0.05, 0) is 76.7 Å². The van der Waals surface area contributed by atoms with Crippen molar-refractivity contribution in [1.29, 1.82) is 5.41 Å². The first-order valence-electron chi connectivity index (χ1n) is 12.5. The van der Waals surface area contributed by atoms with Gasteiger partial charge in [0.2, 0.25) is 11.8 Å². The van der Waals surface area contributed by atoms with E-state index in [-0.39, 0.29) is 17.9 Å². The van der Waals surface area contributed by atoms with Gasteiger partial charge in [-0.15, -0.1) is 0 Å². The number of pyridine rings is 1. The number of carbonyl (C=O) groups is 1. The Bertz CT molecular complexity index is 1140. The van der Waals surface area contributed by atoms with Gasteiger partial charge >= 0.3 is 0 Å². The number of nitrogens with one attached hydrogen (secondary N) is 3. The molecule has 35 heavy (non-hydrogen) atoms. The molecule has 1 aliphatic carbocycles. The molecule has 2 aromatic rings. The minimum atomic E-state index is 0.133. The molecule has 1 atom stereocenters. The summed E-state index contributed by atoms with van der Waals surface area (Å²) in [6.45, 7) is 4.09. The van der Waals surface area contributed by atoms with Crippen LogP contribution in [0.15, 0.2) is 36.5 Å². The number of benzene rings is 1. The predicted octanol–water partition coefficient (Wildman–Crippen LogP) is 4.94. The summed E-state index contributed by atoms with van der Waals surface area (Å²) in [4.78, 5) is 19.5. The molecule has 184 valence electrons. The quantitative estimate of drug-likeness (QED) is 0.375. The highest BCUT2D eigenvalue weighted by atomic mass is 35.5. The molecule has 1 saturated carbocycles. The van der Waals surface area contributed by atoms with Crippen LogP contribution in [0, 0.1) is 11.3 Å². The van der Waals surface area contributed by atoms with Crippen molar-refractivity contribution >= 4 is 35.0 Å². The highest BCUT2D eigenvalue weighted by molar-refractivity contribution is 6.29. The zero-order valence-corrected chi connectivity index (χ0v) is 20.8. The van der Waals surface area contributed by atoms with E-state index in [0.29, 0.717) is 22.8 Å². The molecule has 1 aromatic heterocycles. The number of piperidine rings is 1. The molecular weight excluding hydrogens is 462 g/mol. The van der Waals surface area contributed by atoms with Crippen LogP contribution in [-0.4, -0.2) is 42.3 Å². The topological polar surface area (TPSA) is 90.3 Å². The smallest absolute Gasteiger partial charge is 0.230 e. The lowest BCUT2D eigenvalue weighted by Gasteiger charge is -2.36. The van der Waals surface area contributed by atoms with Crippen LogP contribution in [0.1, 0.15) is 50.2 Å². The Morgan fingerprint density at radius 3 is 2.71 bits per heavy atom. The predicted molar refractivity (Wildman–Crippen MR) is 140 cm³/mol. The number of carbonyl (C=O) groups excluding carboxylic acids is 1. The Labute approximate surface area is 211 Å². The summed E-state index contributed by atoms with van der Waals surface area (Å²) in [5, 5.41) is 15.4. The third kappa shape index (κ3) is 5.21. The van der Waals surface area contributed by atoms with Crippen molar-refractivity contribution in [3.05, 3.63) is 52.8 Å². The molecule has 2 fully saturated rings. The van der Waals surface area contributed by atoms with Gasteiger partial charge in [-0.2, -0.15) is 0 Å². The van der Waals surface area contributed by atoms with Crippen LogP contribution in [0.2, 0.25) is 5.15 Å². The first-order valence-corrected chi connectivity index (χ1v) is 12.9. The number of halogens is 1. The third-order valence-corrected chi connectivity index (χ3v) is 7.30. The van der Waals surface area contributed by atoms with Crippen LogP contribution < -0.4 is 20.3 Å². The maximum atomic E-state index is 13.2. The van der Waals surface area contributed by atoms with Gasteiger partial charge in [0.1, 0.15) is 10.9 Å². The SMILES string of the molecule is CC1CCc2c(ccc(/C(C=N)=C/NC3CCNCC3)c2Oc2cccc(Cl)n2)N1C(=O)C1CC1. The van der Waals surface area contributed by atoms with Gasteiger partial charge in [0.05, 0.1) is 5.69 Å². The molecule has 3 aliphatic rings. The molecule has 1 aromatic carbocycles. The van der Waals surface area contributed by atoms with Crippen LogP contribution in [-0.2, 0) is 11.2 Å². The normalized spacial score (nSPS) is 20.8. The van der Waals surface area contributed by atoms with E-state index in [1.54, 1.807) is 18.2 Å². The molecule has 7 nitrogen and oxygen atoms in total. The molecule has 2 aliphatic heterocycles. The van der Waals surface area contributed by atoms with Crippen LogP contribution >= 0.6 is 11.6 Å². The number of aromatic nitrogens is 1. The number of hydrogen-bond donors (Lipinski definition) is 3. The number of fused-ring (bicyclic) bond motifs is 1. The molecular formula is C27H32ClN5O2. The van der Waals surface area contributed by atoms with Gasteiger partial charge in [0.15, 0.2) is 0 Å². The van der Waals surface area contributed by atoms with Gasteiger partial charge in [0, 0.05) is 53.2 Å². The summed E-state index contributed by atoms with van der Waals surface area (Å²) in [7, 11) is 0. The Hall–Kier alpha value is -2.90. The fourth-order valence-electron chi connectivity index (χ4n) is 4.96. The van der Waals surface area contributed by atoms with Crippen molar-refractivity contribution < 1.29 is 9.53 Å². The van der Waals surface area contributed by atoms with Crippen molar-refractivity contribution in [2.24, 2.45) is 5.92 Å². The second-order valence-corrected chi connectivity index (χ2v) is 10.0. The van der Waals surface area contributed by atoms with Gasteiger partial charge < -0.3 is 25.7 Å². The van der Waals surface area contributed by atoms with E-state index in [2.05, 4.69) is 22.5 Å². The van der Waals surface area contributed by atoms with Crippen LogP contribution in [0.25, 0.3) is 5.57 Å². The zero-order chi connectivity index (χ0) is 24.4. The van der Waals surface area contributed by atoms with Crippen LogP contribution in [0.3, 0.4) is 0 Å². The summed E-state index contributed by atoms with van der Waals surface area (Å²) >= 11 is 6.14. The molecule has 0 bridgehead atoms. The van der Waals surface area contributed by atoms with Gasteiger partial charge in [-0.3, -0.25) is 4.79 Å². The number of allylic oxidation sites excluding steroid dienone is 1. The zero-order valence-electron chi connectivity index (χ0n) is 20.0. The molecule has 1 amide bonds. The summed E-state index contributed by atoms with van der Waals surface area (Å²) in [6.07, 6.45) is 8.92. The summed E-state index contributed by atoms with van der Waals surface area (Å²) in [6, 6.07) is 9.77. The van der Waals surface area contributed by atoms with Crippen molar-refractivity contribution in [3.63, 3.8) is 0 Å². The summed E-state index contributed by atoms with van der Waals surface area (Å²) < 4.78 is 6.39. The van der Waals surface area contributed by atoms with E-state index in [4.69, 9.17) is 21.7 Å². The van der Waals surface area contributed by atoms with Crippen LogP contribution in [0.5, 0.6) is 11.6 Å². The molecule has 1 unspecified atom stereocenters. The number of nitrogens with zero attached hydrogens (tertiary/aromatic N) is 2. The first-order chi connectivity index (χ1) is 17.0. The van der Waals surface area contributed by atoms with Gasteiger partial charge in [0.25, 0.3) is 0 Å². The highest BCUT2D eigenvalue weighted by Gasteiger charge is 2.39. The monoisotopic (exact) mass is 493 g/mol. The minimum absolute atomic E-state index is 0.133. The average molecular weight is 494 g/mol. The fourth-order valence-corrected chi connectivity index (χ4v) is 5.11. The van der Waals surface area contributed by atoms with Crippen molar-refractivity contribution in [2.45, 2.75) is 57.5 Å². The molecule has 3 N–H and O–H groups in total. The fraction of sp³-hybridized carbons (Fsp3) is 0.444. The summed E-state index contributed by atoms with van der Waals surface area (Å²) in [5.41, 5.74) is 3.40. The second kappa shape index (κ2) is 10.4. The van der Waals surface area contributed by atoms with E-state index >= 15 is 0 Å². The Balaban J connectivity index is 1.56. The maximum Gasteiger partial charge on any atom is 0.230 e. The molecule has 5 rings (SSSR count). The van der Waals surface area contributed by atoms with E-state index in [1.165, 1.54) is 6.21 Å². The molecule has 8 heteroatoms. The van der Waals surface area contributed by atoms with Crippen molar-refractivity contribution in [2.75, 3.05) is 18.0 Å². The molecule has 0 spiro atoms. The Morgan fingerprint density at radius 2 is 2.00 bits per heavy atom. The van der Waals surface area contributed by atoms with E-state index in [0.717, 1.165) is 74.0 Å². The van der Waals surface area contributed by atoms with Crippen molar-refractivity contribution in [1.82, 2.24) is 15.6 Å². The lowest BCUT2D eigenvalue weighted by Crippen LogP contribution is -2.43. The number of hydrogen-bond acceptors (Lipinski definition) is 6. The molecule has 0 radical (unpaired) electrons. The third-order valence-electron chi connectivity index (χ3n) is 7.09. The van der Waals surface area contributed by atoms with Crippen molar-refractivity contribution in [3.8, 4) is 11.6 Å². The lowest BCUT2D eigenvalue weighted by molar-refractivity contribution is -0.120. The lowest BCUT2D eigenvalue weighted by atomic mass is 9.91. The Kier molecular flexibility index (Phi) is 7.07. The van der Waals surface area contributed by atoms with E-state index < -0.39 is 0 Å². The number of anilines is 1. The largest absolute Gasteiger partial charge is 0.438 e. The number of rotatable bonds is 7. The minimum Gasteiger partial charge on any atom is -0.438 e. The van der Waals surface area contributed by atoms with E-state index in [1.807, 2.05) is 23.2 Å². The first kappa shape index (κ1) is 23.8. The van der Waals surface area contributed by atoms with Gasteiger partial charge in [-0.25, -0.2) is 4.98 Å². The maximum absolute atomic E-state index is 13.2. The molecule has 3 heterocycles. The number of amides is 1. The molecule has 1 saturated heterocycles.